The number of hydrogen-bond donors (Lipinski definition) is 1. The van der Waals surface area contributed by atoms with Crippen molar-refractivity contribution in [2.45, 2.75) is 0 Å². The lowest BCUT2D eigenvalue weighted by Gasteiger charge is -1.85. The molecule has 1 aromatic rings. The Balaban J connectivity index is 3.15. The fraction of sp³-hybridized carbons (Fsp3) is 0. The van der Waals surface area contributed by atoms with E-state index in [0.717, 1.165) is 0 Å². The summed E-state index contributed by atoms with van der Waals surface area (Å²) in [5.41, 5.74) is 0. The summed E-state index contributed by atoms with van der Waals surface area (Å²) in [4.78, 5) is 6.62. The molecular weight excluding hydrogens is 104 g/mol. The van der Waals surface area contributed by atoms with Gasteiger partial charge >= 0.3 is 5.95 Å². The summed E-state index contributed by atoms with van der Waals surface area (Å²) in [5.74, 6) is 5.40. The molecule has 0 aliphatic rings. The van der Waals surface area contributed by atoms with Crippen molar-refractivity contribution in [3.05, 3.63) is 23.8 Å². The molecule has 0 aliphatic carbocycles. The summed E-state index contributed by atoms with van der Waals surface area (Å²) in [6.07, 6.45) is 3.00. The highest BCUT2D eigenvalue weighted by atomic mass is 15.3. The molecule has 4 heteroatoms. The van der Waals surface area contributed by atoms with Crippen molar-refractivity contribution in [1.29, 1.82) is 0 Å². The van der Waals surface area contributed by atoms with Gasteiger partial charge in [-0.15, -0.1) is 6.57 Å². The van der Waals surface area contributed by atoms with Gasteiger partial charge in [-0.25, -0.2) is 4.68 Å². The second kappa shape index (κ2) is 1.54. The van der Waals surface area contributed by atoms with Gasteiger partial charge in [0.25, 0.3) is 0 Å². The Hall–Kier alpha value is -1.50. The molecule has 0 spiro atoms. The number of aromatic nitrogens is 2. The Morgan fingerprint density at radius 2 is 2.62 bits per heavy atom. The van der Waals surface area contributed by atoms with Gasteiger partial charge in [0, 0.05) is 0 Å². The van der Waals surface area contributed by atoms with Crippen LogP contribution >= 0.6 is 0 Å². The molecule has 4 nitrogen and oxygen atoms in total. The molecule has 0 radical (unpaired) electrons. The minimum atomic E-state index is 0.213. The lowest BCUT2D eigenvalue weighted by molar-refractivity contribution is 1.03. The third-order valence-electron chi connectivity index (χ3n) is 0.748. The summed E-state index contributed by atoms with van der Waals surface area (Å²) < 4.78 is 1.17. The molecule has 0 amide bonds. The van der Waals surface area contributed by atoms with E-state index in [1.807, 2.05) is 0 Å². The maximum absolute atomic E-state index is 6.46. The summed E-state index contributed by atoms with van der Waals surface area (Å²) in [7, 11) is 0. The van der Waals surface area contributed by atoms with Gasteiger partial charge < -0.3 is 10.7 Å². The number of nitrogen functional groups attached to an aromatic ring is 1. The summed E-state index contributed by atoms with van der Waals surface area (Å²) in [6, 6.07) is 0. The van der Waals surface area contributed by atoms with Crippen LogP contribution in [0.15, 0.2) is 12.4 Å². The molecule has 0 atom stereocenters. The first-order valence-electron chi connectivity index (χ1n) is 2.00. The molecule has 1 rings (SSSR count). The molecule has 0 aliphatic heterocycles. The molecule has 0 aromatic carbocycles. The average molecular weight is 108 g/mol. The molecule has 0 unspecified atom stereocenters. The van der Waals surface area contributed by atoms with Gasteiger partial charge in [-0.1, -0.05) is 0 Å². The van der Waals surface area contributed by atoms with E-state index >= 15 is 0 Å². The van der Waals surface area contributed by atoms with E-state index in [1.54, 1.807) is 0 Å². The molecule has 2 N–H and O–H groups in total. The van der Waals surface area contributed by atoms with Crippen LogP contribution in [0.4, 0.5) is 5.95 Å². The fourth-order valence-corrected chi connectivity index (χ4v) is 0.392. The van der Waals surface area contributed by atoms with E-state index in [-0.39, 0.29) is 5.95 Å². The molecule has 0 saturated carbocycles. The van der Waals surface area contributed by atoms with Crippen molar-refractivity contribution in [3.63, 3.8) is 0 Å². The fourth-order valence-electron chi connectivity index (χ4n) is 0.392. The molecule has 8 heavy (non-hydrogen) atoms. The van der Waals surface area contributed by atoms with Crippen LogP contribution in [0.1, 0.15) is 0 Å². The third-order valence-corrected chi connectivity index (χ3v) is 0.748. The van der Waals surface area contributed by atoms with Crippen molar-refractivity contribution < 1.29 is 0 Å². The SMILES string of the molecule is [C-]#[N+]c1nccn1N. The second-order valence-corrected chi connectivity index (χ2v) is 1.25. The molecular formula is C4H4N4. The smallest absolute Gasteiger partial charge is 0.360 e. The van der Waals surface area contributed by atoms with Gasteiger partial charge in [-0.05, 0) is 0 Å². The van der Waals surface area contributed by atoms with Crippen LogP contribution < -0.4 is 5.84 Å². The number of nitrogens with zero attached hydrogens (tertiary/aromatic N) is 3. The van der Waals surface area contributed by atoms with E-state index in [0.29, 0.717) is 0 Å². The van der Waals surface area contributed by atoms with E-state index in [1.165, 1.54) is 17.1 Å². The van der Waals surface area contributed by atoms with Crippen LogP contribution in [0.2, 0.25) is 0 Å². The van der Waals surface area contributed by atoms with E-state index in [4.69, 9.17) is 12.4 Å². The van der Waals surface area contributed by atoms with E-state index in [2.05, 4.69) is 9.83 Å². The van der Waals surface area contributed by atoms with Crippen LogP contribution in [0.5, 0.6) is 0 Å². The number of rotatable bonds is 0. The highest BCUT2D eigenvalue weighted by Crippen LogP contribution is 2.01. The minimum Gasteiger partial charge on any atom is -0.395 e. The minimum absolute atomic E-state index is 0.213. The van der Waals surface area contributed by atoms with E-state index < -0.39 is 0 Å². The largest absolute Gasteiger partial charge is 0.395 e. The molecule has 1 aromatic heterocycles. The maximum Gasteiger partial charge on any atom is 0.360 e. The van der Waals surface area contributed by atoms with Gasteiger partial charge in [0.1, 0.15) is 12.4 Å². The van der Waals surface area contributed by atoms with Gasteiger partial charge in [0.15, 0.2) is 0 Å². The Kier molecular flexibility index (Phi) is 0.897. The van der Waals surface area contributed by atoms with Crippen LogP contribution in [-0.2, 0) is 0 Å². The van der Waals surface area contributed by atoms with Crippen molar-refractivity contribution in [1.82, 2.24) is 9.66 Å². The number of hydrogen-bond acceptors (Lipinski definition) is 2. The van der Waals surface area contributed by atoms with Crippen LogP contribution in [0, 0.1) is 6.57 Å². The van der Waals surface area contributed by atoms with Crippen LogP contribution in [-0.4, -0.2) is 9.66 Å². The standard InChI is InChI=1S/C4H4N4/c1-6-4-7-2-3-8(4)5/h2-3H,5H2. The van der Waals surface area contributed by atoms with E-state index in [9.17, 15) is 0 Å². The van der Waals surface area contributed by atoms with Gasteiger partial charge in [-0.2, -0.15) is 4.98 Å². The van der Waals surface area contributed by atoms with Gasteiger partial charge in [0.2, 0.25) is 0 Å². The normalized spacial score (nSPS) is 8.38. The van der Waals surface area contributed by atoms with Crippen molar-refractivity contribution in [3.8, 4) is 0 Å². The first kappa shape index (κ1) is 4.65. The van der Waals surface area contributed by atoms with Gasteiger partial charge in [-0.3, -0.25) is 0 Å². The summed E-state index contributed by atoms with van der Waals surface area (Å²) in [6.45, 7) is 6.46. The third kappa shape index (κ3) is 0.500. The quantitative estimate of drug-likeness (QED) is 0.380. The predicted octanol–water partition coefficient (Wildman–Crippen LogP) is 0.148. The lowest BCUT2D eigenvalue weighted by Crippen LogP contribution is -2.03. The average Bonchev–Trinajstić information content (AvgIpc) is 2.14. The topological polar surface area (TPSA) is 48.2 Å². The van der Waals surface area contributed by atoms with Crippen LogP contribution in [0.3, 0.4) is 0 Å². The number of imidazole rings is 1. The van der Waals surface area contributed by atoms with Gasteiger partial charge in [0.05, 0.1) is 0 Å². The summed E-state index contributed by atoms with van der Waals surface area (Å²) >= 11 is 0. The first-order chi connectivity index (χ1) is 3.84. The monoisotopic (exact) mass is 108 g/mol. The zero-order valence-corrected chi connectivity index (χ0v) is 4.07. The molecule has 0 saturated heterocycles. The molecule has 40 valence electrons. The van der Waals surface area contributed by atoms with Crippen LogP contribution in [0.25, 0.3) is 4.85 Å². The predicted molar refractivity (Wildman–Crippen MR) is 28.6 cm³/mol. The Morgan fingerprint density at radius 1 is 1.88 bits per heavy atom. The maximum atomic E-state index is 6.46. The highest BCUT2D eigenvalue weighted by Gasteiger charge is 1.94. The van der Waals surface area contributed by atoms with Crippen molar-refractivity contribution in [2.24, 2.45) is 0 Å². The zero-order chi connectivity index (χ0) is 5.98. The lowest BCUT2D eigenvalue weighted by atomic mass is 11.0. The van der Waals surface area contributed by atoms with Crippen molar-refractivity contribution >= 4 is 5.95 Å². The van der Waals surface area contributed by atoms with Crippen molar-refractivity contribution in [2.75, 3.05) is 5.84 Å². The first-order valence-corrected chi connectivity index (χ1v) is 2.00. The molecule has 0 fully saturated rings. The molecule has 0 bridgehead atoms. The Morgan fingerprint density at radius 3 is 2.88 bits per heavy atom. The molecule has 1 heterocycles. The summed E-state index contributed by atoms with van der Waals surface area (Å²) in [5, 5.41) is 0. The highest BCUT2D eigenvalue weighted by molar-refractivity contribution is 5.25. The Bertz CT molecular complexity index is 218. The zero-order valence-electron chi connectivity index (χ0n) is 4.07. The second-order valence-electron chi connectivity index (χ2n) is 1.25. The Labute approximate surface area is 46.3 Å². The number of nitrogens with two attached hydrogens (primary N) is 1.